The topological polar surface area (TPSA) is 79.1 Å². The second kappa shape index (κ2) is 10.5. The van der Waals surface area contributed by atoms with Crippen molar-refractivity contribution in [1.29, 1.82) is 0 Å². The van der Waals surface area contributed by atoms with E-state index in [1.54, 1.807) is 31.2 Å². The predicted octanol–water partition coefficient (Wildman–Crippen LogP) is 3.86. The molecule has 3 aromatic rings. The third-order valence-electron chi connectivity index (χ3n) is 5.50. The highest BCUT2D eigenvalue weighted by Gasteiger charge is 2.33. The number of methoxy groups -OCH3 is 1. The number of halogens is 1. The molecular formula is C26H25ClN2O5S. The number of esters is 1. The van der Waals surface area contributed by atoms with Crippen molar-refractivity contribution in [3.63, 3.8) is 0 Å². The van der Waals surface area contributed by atoms with Crippen LogP contribution in [0.1, 0.15) is 37.9 Å². The second-order valence-electron chi connectivity index (χ2n) is 7.67. The Kier molecular flexibility index (Phi) is 7.42. The Hall–Kier alpha value is -3.36. The molecule has 7 nitrogen and oxygen atoms in total. The van der Waals surface area contributed by atoms with Crippen LogP contribution in [0.3, 0.4) is 0 Å². The minimum absolute atomic E-state index is 0.278. The Morgan fingerprint density at radius 3 is 2.54 bits per heavy atom. The van der Waals surface area contributed by atoms with Crippen LogP contribution in [0.4, 0.5) is 0 Å². The number of hydrogen-bond acceptors (Lipinski definition) is 7. The van der Waals surface area contributed by atoms with Crippen LogP contribution in [-0.4, -0.2) is 30.9 Å². The van der Waals surface area contributed by atoms with Gasteiger partial charge in [0.15, 0.2) is 16.3 Å². The quantitative estimate of drug-likeness (QED) is 0.449. The molecule has 0 saturated carbocycles. The summed E-state index contributed by atoms with van der Waals surface area (Å²) in [5, 5.41) is 0.536. The van der Waals surface area contributed by atoms with E-state index < -0.39 is 12.0 Å². The van der Waals surface area contributed by atoms with Crippen LogP contribution in [0.15, 0.2) is 63.5 Å². The van der Waals surface area contributed by atoms with Crippen LogP contribution in [0, 0.1) is 0 Å². The molecule has 9 heteroatoms. The third kappa shape index (κ3) is 4.76. The van der Waals surface area contributed by atoms with Crippen LogP contribution in [0.2, 0.25) is 5.02 Å². The fraction of sp³-hybridized carbons (Fsp3) is 0.269. The molecule has 0 radical (unpaired) electrons. The van der Waals surface area contributed by atoms with Gasteiger partial charge in [0.2, 0.25) is 0 Å². The van der Waals surface area contributed by atoms with Crippen molar-refractivity contribution in [2.45, 2.75) is 26.8 Å². The van der Waals surface area contributed by atoms with E-state index in [9.17, 15) is 9.59 Å². The molecule has 1 aliphatic rings. The Labute approximate surface area is 211 Å². The van der Waals surface area contributed by atoms with Gasteiger partial charge in [-0.25, -0.2) is 9.79 Å². The van der Waals surface area contributed by atoms with Crippen LogP contribution < -0.4 is 24.4 Å². The monoisotopic (exact) mass is 512 g/mol. The number of nitrogens with zero attached hydrogens (tertiary/aromatic N) is 2. The Bertz CT molecular complexity index is 1490. The molecule has 35 heavy (non-hydrogen) atoms. The molecule has 0 bridgehead atoms. The Morgan fingerprint density at radius 2 is 1.86 bits per heavy atom. The summed E-state index contributed by atoms with van der Waals surface area (Å²) >= 11 is 7.56. The lowest BCUT2D eigenvalue weighted by Gasteiger charge is -2.25. The lowest BCUT2D eigenvalue weighted by molar-refractivity contribution is -0.136. The largest absolute Gasteiger partial charge is 0.490 e. The number of rotatable bonds is 7. The first-order valence-corrected chi connectivity index (χ1v) is 12.3. The normalized spacial score (nSPS) is 15.5. The highest BCUT2D eigenvalue weighted by Crippen LogP contribution is 2.36. The standard InChI is InChI=1S/C26H25ClN2O5S/c1-5-33-19-12-11-17(13-20(19)34-6-2)23-22(25(31)32-4)15(3)28-26-29(23)24(30)21(35-26)14-16-9-7-8-10-18(16)27/h7-14,23H,5-6H2,1-4H3/b21-14-/t23-/m0/s1. The molecule has 0 N–H and O–H groups in total. The zero-order valence-electron chi connectivity index (χ0n) is 19.8. The van der Waals surface area contributed by atoms with Crippen molar-refractivity contribution >= 4 is 35.0 Å². The number of fused-ring (bicyclic) bond motifs is 1. The van der Waals surface area contributed by atoms with E-state index in [1.165, 1.54) is 23.0 Å². The lowest BCUT2D eigenvalue weighted by atomic mass is 9.95. The molecule has 1 aromatic heterocycles. The average molecular weight is 513 g/mol. The van der Waals surface area contributed by atoms with Gasteiger partial charge in [-0.05, 0) is 56.2 Å². The summed E-state index contributed by atoms with van der Waals surface area (Å²) in [6.45, 7) is 6.42. The second-order valence-corrected chi connectivity index (χ2v) is 9.08. The highest BCUT2D eigenvalue weighted by atomic mass is 35.5. The summed E-state index contributed by atoms with van der Waals surface area (Å²) in [5.74, 6) is 0.567. The summed E-state index contributed by atoms with van der Waals surface area (Å²) in [5.41, 5.74) is 1.89. The average Bonchev–Trinajstić information content (AvgIpc) is 3.15. The molecule has 0 amide bonds. The Balaban J connectivity index is 1.97. The smallest absolute Gasteiger partial charge is 0.338 e. The molecule has 0 spiro atoms. The first-order chi connectivity index (χ1) is 16.9. The van der Waals surface area contributed by atoms with Crippen LogP contribution >= 0.6 is 22.9 Å². The van der Waals surface area contributed by atoms with E-state index in [1.807, 2.05) is 38.1 Å². The maximum atomic E-state index is 13.7. The van der Waals surface area contributed by atoms with Crippen LogP contribution in [-0.2, 0) is 9.53 Å². The van der Waals surface area contributed by atoms with E-state index in [0.717, 1.165) is 5.56 Å². The number of ether oxygens (including phenoxy) is 3. The van der Waals surface area contributed by atoms with Crippen LogP contribution in [0.25, 0.3) is 6.08 Å². The Morgan fingerprint density at radius 1 is 1.14 bits per heavy atom. The van der Waals surface area contributed by atoms with E-state index in [-0.39, 0.29) is 11.1 Å². The van der Waals surface area contributed by atoms with Gasteiger partial charge in [-0.3, -0.25) is 9.36 Å². The summed E-state index contributed by atoms with van der Waals surface area (Å²) in [7, 11) is 1.31. The van der Waals surface area contributed by atoms with Crippen molar-refractivity contribution in [3.05, 3.63) is 89.6 Å². The van der Waals surface area contributed by atoms with Gasteiger partial charge < -0.3 is 14.2 Å². The number of benzene rings is 2. The van der Waals surface area contributed by atoms with Gasteiger partial charge in [0.05, 0.1) is 42.2 Å². The number of hydrogen-bond donors (Lipinski definition) is 0. The van der Waals surface area contributed by atoms with Gasteiger partial charge in [0.1, 0.15) is 0 Å². The van der Waals surface area contributed by atoms with Gasteiger partial charge in [0.25, 0.3) is 5.56 Å². The molecule has 4 rings (SSSR count). The molecule has 0 saturated heterocycles. The molecule has 0 aliphatic carbocycles. The molecule has 2 heterocycles. The van der Waals surface area contributed by atoms with E-state index in [0.29, 0.717) is 50.3 Å². The first-order valence-electron chi connectivity index (χ1n) is 11.1. The van der Waals surface area contributed by atoms with Crippen molar-refractivity contribution in [2.75, 3.05) is 20.3 Å². The van der Waals surface area contributed by atoms with Gasteiger partial charge in [-0.1, -0.05) is 47.2 Å². The maximum Gasteiger partial charge on any atom is 0.338 e. The van der Waals surface area contributed by atoms with Gasteiger partial charge in [0, 0.05) is 5.02 Å². The molecule has 182 valence electrons. The predicted molar refractivity (Wildman–Crippen MR) is 136 cm³/mol. The molecule has 1 atom stereocenters. The van der Waals surface area contributed by atoms with Gasteiger partial charge in [-0.2, -0.15) is 0 Å². The van der Waals surface area contributed by atoms with Crippen LogP contribution in [0.5, 0.6) is 11.5 Å². The van der Waals surface area contributed by atoms with Crippen molar-refractivity contribution in [2.24, 2.45) is 4.99 Å². The summed E-state index contributed by atoms with van der Waals surface area (Å²) in [6.07, 6.45) is 1.74. The van der Waals surface area contributed by atoms with E-state index in [4.69, 9.17) is 25.8 Å². The number of carbonyl (C=O) groups is 1. The highest BCUT2D eigenvalue weighted by molar-refractivity contribution is 7.07. The number of carbonyl (C=O) groups excluding carboxylic acids is 1. The summed E-state index contributed by atoms with van der Waals surface area (Å²) in [4.78, 5) is 31.6. The van der Waals surface area contributed by atoms with Crippen molar-refractivity contribution in [3.8, 4) is 11.5 Å². The zero-order chi connectivity index (χ0) is 25.1. The first kappa shape index (κ1) is 24.8. The van der Waals surface area contributed by atoms with Gasteiger partial charge in [-0.15, -0.1) is 0 Å². The fourth-order valence-corrected chi connectivity index (χ4v) is 5.21. The number of allylic oxidation sites excluding steroid dienone is 1. The molecular weight excluding hydrogens is 488 g/mol. The molecule has 2 aromatic carbocycles. The van der Waals surface area contributed by atoms with Crippen molar-refractivity contribution < 1.29 is 19.0 Å². The number of aromatic nitrogens is 1. The van der Waals surface area contributed by atoms with Crippen molar-refractivity contribution in [1.82, 2.24) is 4.57 Å². The number of thiazole rings is 1. The minimum Gasteiger partial charge on any atom is -0.490 e. The maximum absolute atomic E-state index is 13.7. The SMILES string of the molecule is CCOc1ccc([C@H]2C(C(=O)OC)=C(C)N=c3s/c(=C\c4ccccc4Cl)c(=O)n32)cc1OCC. The third-order valence-corrected chi connectivity index (χ3v) is 6.83. The van der Waals surface area contributed by atoms with E-state index in [2.05, 4.69) is 4.99 Å². The summed E-state index contributed by atoms with van der Waals surface area (Å²) in [6, 6.07) is 11.9. The fourth-order valence-electron chi connectivity index (χ4n) is 3.98. The minimum atomic E-state index is -0.748. The molecule has 0 unspecified atom stereocenters. The van der Waals surface area contributed by atoms with E-state index >= 15 is 0 Å². The zero-order valence-corrected chi connectivity index (χ0v) is 21.4. The lowest BCUT2D eigenvalue weighted by Crippen LogP contribution is -2.39. The van der Waals surface area contributed by atoms with Gasteiger partial charge >= 0.3 is 5.97 Å². The summed E-state index contributed by atoms with van der Waals surface area (Å²) < 4.78 is 18.5. The molecule has 1 aliphatic heterocycles. The molecule has 0 fully saturated rings.